The van der Waals surface area contributed by atoms with E-state index in [1.807, 2.05) is 0 Å². The van der Waals surface area contributed by atoms with Crippen LogP contribution in [0.1, 0.15) is 58.8 Å². The highest BCUT2D eigenvalue weighted by atomic mass is 16.5. The molecule has 2 N–H and O–H groups in total. The van der Waals surface area contributed by atoms with Gasteiger partial charge in [-0.25, -0.2) is 0 Å². The van der Waals surface area contributed by atoms with Crippen molar-refractivity contribution in [3.8, 4) is 0 Å². The fourth-order valence-corrected chi connectivity index (χ4v) is 2.75. The maximum Gasteiger partial charge on any atom is 0.0897 e. The third-order valence-electron chi connectivity index (χ3n) is 4.08. The largest absolute Gasteiger partial charge is 0.389 e. The van der Waals surface area contributed by atoms with Crippen molar-refractivity contribution in [2.75, 3.05) is 32.9 Å². The van der Waals surface area contributed by atoms with Crippen molar-refractivity contribution in [3.63, 3.8) is 0 Å². The van der Waals surface area contributed by atoms with E-state index in [4.69, 9.17) is 9.47 Å². The van der Waals surface area contributed by atoms with Crippen LogP contribution in [0.15, 0.2) is 0 Å². The molecule has 0 aliphatic heterocycles. The molecule has 0 heterocycles. The molecule has 0 amide bonds. The van der Waals surface area contributed by atoms with Crippen molar-refractivity contribution in [1.29, 1.82) is 0 Å². The zero-order chi connectivity index (χ0) is 15.3. The second-order valence-electron chi connectivity index (χ2n) is 6.40. The van der Waals surface area contributed by atoms with Gasteiger partial charge in [-0.05, 0) is 38.1 Å². The second kappa shape index (κ2) is 12.4. The van der Waals surface area contributed by atoms with E-state index in [1.54, 1.807) is 0 Å². The molecule has 1 rings (SSSR count). The number of unbranched alkanes of at least 4 members (excludes halogenated alkanes) is 1. The van der Waals surface area contributed by atoms with Gasteiger partial charge in [0, 0.05) is 19.8 Å². The fraction of sp³-hybridized carbons (Fsp3) is 1.00. The lowest BCUT2D eigenvalue weighted by Crippen LogP contribution is -2.33. The third kappa shape index (κ3) is 10.2. The molecular formula is C17H35NO3. The molecule has 0 aromatic heterocycles. The van der Waals surface area contributed by atoms with Gasteiger partial charge in [-0.1, -0.05) is 33.1 Å². The first-order valence-electron chi connectivity index (χ1n) is 8.80. The average molecular weight is 301 g/mol. The summed E-state index contributed by atoms with van der Waals surface area (Å²) in [6.45, 7) is 8.09. The van der Waals surface area contributed by atoms with E-state index in [2.05, 4.69) is 19.2 Å². The van der Waals surface area contributed by atoms with Crippen molar-refractivity contribution >= 4 is 0 Å². The fourth-order valence-electron chi connectivity index (χ4n) is 2.75. The van der Waals surface area contributed by atoms with Gasteiger partial charge >= 0.3 is 0 Å². The van der Waals surface area contributed by atoms with Crippen LogP contribution in [0.3, 0.4) is 0 Å². The lowest BCUT2D eigenvalue weighted by Gasteiger charge is -2.27. The molecule has 0 bridgehead atoms. The highest BCUT2D eigenvalue weighted by molar-refractivity contribution is 4.71. The lowest BCUT2D eigenvalue weighted by atomic mass is 9.89. The predicted molar refractivity (Wildman–Crippen MR) is 86.6 cm³/mol. The minimum absolute atomic E-state index is 0.357. The van der Waals surface area contributed by atoms with E-state index in [1.165, 1.54) is 19.3 Å². The summed E-state index contributed by atoms with van der Waals surface area (Å²) in [7, 11) is 0. The van der Waals surface area contributed by atoms with Crippen molar-refractivity contribution < 1.29 is 14.6 Å². The first-order valence-corrected chi connectivity index (χ1v) is 8.80. The molecule has 1 saturated carbocycles. The molecule has 21 heavy (non-hydrogen) atoms. The molecule has 1 aliphatic carbocycles. The summed E-state index contributed by atoms with van der Waals surface area (Å²) >= 11 is 0. The van der Waals surface area contributed by atoms with Crippen molar-refractivity contribution in [2.45, 2.75) is 71.0 Å². The monoisotopic (exact) mass is 301 g/mol. The first-order chi connectivity index (χ1) is 10.2. The SMILES string of the molecule is CCCCOCCCNCC(O)COC1CCCC(C)C1. The first kappa shape index (κ1) is 18.9. The van der Waals surface area contributed by atoms with E-state index in [-0.39, 0.29) is 0 Å². The average Bonchev–Trinajstić information content (AvgIpc) is 2.48. The normalized spacial score (nSPS) is 24.1. The van der Waals surface area contributed by atoms with Gasteiger partial charge in [0.25, 0.3) is 0 Å². The maximum absolute atomic E-state index is 9.90. The molecule has 0 spiro atoms. The van der Waals surface area contributed by atoms with Crippen molar-refractivity contribution in [2.24, 2.45) is 5.92 Å². The lowest BCUT2D eigenvalue weighted by molar-refractivity contribution is -0.0306. The minimum atomic E-state index is -0.400. The van der Waals surface area contributed by atoms with Gasteiger partial charge in [0.1, 0.15) is 0 Å². The second-order valence-corrected chi connectivity index (χ2v) is 6.40. The highest BCUT2D eigenvalue weighted by Gasteiger charge is 2.20. The number of ether oxygens (including phenoxy) is 2. The molecule has 3 atom stereocenters. The van der Waals surface area contributed by atoms with Crippen LogP contribution in [0, 0.1) is 5.92 Å². The third-order valence-corrected chi connectivity index (χ3v) is 4.08. The molecule has 0 radical (unpaired) electrons. The quantitative estimate of drug-likeness (QED) is 0.544. The molecule has 0 saturated heterocycles. The summed E-state index contributed by atoms with van der Waals surface area (Å²) < 4.78 is 11.3. The Morgan fingerprint density at radius 2 is 2.05 bits per heavy atom. The highest BCUT2D eigenvalue weighted by Crippen LogP contribution is 2.25. The van der Waals surface area contributed by atoms with E-state index in [0.717, 1.165) is 51.4 Å². The van der Waals surface area contributed by atoms with Crippen LogP contribution in [-0.4, -0.2) is 50.2 Å². The zero-order valence-electron chi connectivity index (χ0n) is 14.0. The van der Waals surface area contributed by atoms with Gasteiger partial charge in [-0.2, -0.15) is 0 Å². The molecule has 1 fully saturated rings. The molecule has 0 aromatic rings. The van der Waals surface area contributed by atoms with E-state index >= 15 is 0 Å². The number of aliphatic hydroxyl groups is 1. The van der Waals surface area contributed by atoms with Crippen LogP contribution in [-0.2, 0) is 9.47 Å². The van der Waals surface area contributed by atoms with Gasteiger partial charge in [-0.15, -0.1) is 0 Å². The molecule has 126 valence electrons. The Bertz CT molecular complexity index is 238. The molecule has 1 aliphatic rings. The molecule has 4 heteroatoms. The molecule has 4 nitrogen and oxygen atoms in total. The summed E-state index contributed by atoms with van der Waals surface area (Å²) in [5.41, 5.74) is 0. The Morgan fingerprint density at radius 1 is 1.24 bits per heavy atom. The zero-order valence-corrected chi connectivity index (χ0v) is 14.0. The maximum atomic E-state index is 9.90. The number of aliphatic hydroxyl groups excluding tert-OH is 1. The van der Waals surface area contributed by atoms with Crippen LogP contribution in [0.4, 0.5) is 0 Å². The van der Waals surface area contributed by atoms with Crippen LogP contribution in [0.5, 0.6) is 0 Å². The van der Waals surface area contributed by atoms with Crippen molar-refractivity contribution in [1.82, 2.24) is 5.32 Å². The molecular weight excluding hydrogens is 266 g/mol. The van der Waals surface area contributed by atoms with E-state index < -0.39 is 6.10 Å². The Hall–Kier alpha value is -0.160. The summed E-state index contributed by atoms with van der Waals surface area (Å²) in [6.07, 6.45) is 8.17. The Kier molecular flexibility index (Phi) is 11.1. The number of hydrogen-bond acceptors (Lipinski definition) is 4. The number of nitrogens with one attached hydrogen (secondary N) is 1. The molecule has 0 aromatic carbocycles. The predicted octanol–water partition coefficient (Wildman–Crippen LogP) is 2.74. The Labute approximate surface area is 130 Å². The van der Waals surface area contributed by atoms with Crippen LogP contribution in [0.2, 0.25) is 0 Å². The van der Waals surface area contributed by atoms with E-state index in [0.29, 0.717) is 19.3 Å². The Balaban J connectivity index is 1.88. The summed E-state index contributed by atoms with van der Waals surface area (Å²) in [4.78, 5) is 0. The van der Waals surface area contributed by atoms with Crippen LogP contribution in [0.25, 0.3) is 0 Å². The minimum Gasteiger partial charge on any atom is -0.389 e. The van der Waals surface area contributed by atoms with Crippen molar-refractivity contribution in [3.05, 3.63) is 0 Å². The van der Waals surface area contributed by atoms with Crippen LogP contribution < -0.4 is 5.32 Å². The summed E-state index contributed by atoms with van der Waals surface area (Å²) in [5, 5.41) is 13.2. The number of hydrogen-bond donors (Lipinski definition) is 2. The Morgan fingerprint density at radius 3 is 2.81 bits per heavy atom. The van der Waals surface area contributed by atoms with Gasteiger partial charge in [0.15, 0.2) is 0 Å². The van der Waals surface area contributed by atoms with Gasteiger partial charge in [0.05, 0.1) is 18.8 Å². The van der Waals surface area contributed by atoms with E-state index in [9.17, 15) is 5.11 Å². The standard InChI is InChI=1S/C17H35NO3/c1-3-4-10-20-11-6-9-18-13-16(19)14-21-17-8-5-7-15(2)12-17/h15-19H,3-14H2,1-2H3. The number of rotatable bonds is 12. The summed E-state index contributed by atoms with van der Waals surface area (Å²) in [5.74, 6) is 0.770. The van der Waals surface area contributed by atoms with Gasteiger partial charge < -0.3 is 19.9 Å². The molecule has 3 unspecified atom stereocenters. The van der Waals surface area contributed by atoms with Gasteiger partial charge in [-0.3, -0.25) is 0 Å². The smallest absolute Gasteiger partial charge is 0.0897 e. The summed E-state index contributed by atoms with van der Waals surface area (Å²) in [6, 6.07) is 0. The topological polar surface area (TPSA) is 50.7 Å². The van der Waals surface area contributed by atoms with Gasteiger partial charge in [0.2, 0.25) is 0 Å². The van der Waals surface area contributed by atoms with Crippen LogP contribution >= 0.6 is 0 Å².